The monoisotopic (exact) mass is 411 g/mol. The number of rotatable bonds is 4. The van der Waals surface area contributed by atoms with E-state index in [4.69, 9.17) is 0 Å². The summed E-state index contributed by atoms with van der Waals surface area (Å²) < 4.78 is 0. The molecule has 1 aliphatic rings. The van der Waals surface area contributed by atoms with Crippen LogP contribution in [0.1, 0.15) is 21.5 Å². The summed E-state index contributed by atoms with van der Waals surface area (Å²) in [6, 6.07) is 23.0. The summed E-state index contributed by atoms with van der Waals surface area (Å²) >= 11 is 0. The van der Waals surface area contributed by atoms with Gasteiger partial charge >= 0.3 is 0 Å². The number of nitrogens with zero attached hydrogens (tertiary/aromatic N) is 2. The lowest BCUT2D eigenvalue weighted by molar-refractivity contribution is 0.0962. The third-order valence-electron chi connectivity index (χ3n) is 5.53. The molecule has 31 heavy (non-hydrogen) atoms. The van der Waals surface area contributed by atoms with Crippen molar-refractivity contribution in [3.8, 4) is 0 Å². The largest absolute Gasteiger partial charge is 0.367 e. The zero-order valence-electron chi connectivity index (χ0n) is 16.8. The Morgan fingerprint density at radius 1 is 0.935 bits per heavy atom. The van der Waals surface area contributed by atoms with Gasteiger partial charge in [0.15, 0.2) is 0 Å². The first kappa shape index (κ1) is 18.9. The Morgan fingerprint density at radius 2 is 1.68 bits per heavy atom. The van der Waals surface area contributed by atoms with Crippen LogP contribution in [0, 0.1) is 0 Å². The van der Waals surface area contributed by atoms with E-state index in [2.05, 4.69) is 50.0 Å². The van der Waals surface area contributed by atoms with Crippen molar-refractivity contribution >= 4 is 28.4 Å². The van der Waals surface area contributed by atoms with E-state index in [0.717, 1.165) is 25.2 Å². The van der Waals surface area contributed by atoms with E-state index in [1.807, 2.05) is 12.1 Å². The lowest BCUT2D eigenvalue weighted by Crippen LogP contribution is -2.32. The first-order chi connectivity index (χ1) is 15.2. The van der Waals surface area contributed by atoms with E-state index in [9.17, 15) is 9.59 Å². The van der Waals surface area contributed by atoms with Crippen LogP contribution in [0.5, 0.6) is 0 Å². The molecule has 3 N–H and O–H groups in total. The topological polar surface area (TPSA) is 90.1 Å². The van der Waals surface area contributed by atoms with Crippen molar-refractivity contribution in [1.82, 2.24) is 15.4 Å². The number of amides is 1. The number of carbonyl (C=O) groups is 1. The van der Waals surface area contributed by atoms with Gasteiger partial charge in [-0.25, -0.2) is 4.98 Å². The molecule has 0 aliphatic carbocycles. The molecule has 0 unspecified atom stereocenters. The van der Waals surface area contributed by atoms with Crippen LogP contribution >= 0.6 is 0 Å². The van der Waals surface area contributed by atoms with Gasteiger partial charge in [-0.05, 0) is 53.9 Å². The molecule has 0 spiro atoms. The molecule has 154 valence electrons. The average Bonchev–Trinajstić information content (AvgIpc) is 2.82. The second-order valence-corrected chi connectivity index (χ2v) is 7.50. The molecule has 0 saturated carbocycles. The molecule has 7 nitrogen and oxygen atoms in total. The van der Waals surface area contributed by atoms with E-state index < -0.39 is 0 Å². The minimum Gasteiger partial charge on any atom is -0.367 e. The van der Waals surface area contributed by atoms with Crippen LogP contribution in [0.2, 0.25) is 0 Å². The summed E-state index contributed by atoms with van der Waals surface area (Å²) in [5, 5.41) is 0.496. The number of benzene rings is 3. The first-order valence-corrected chi connectivity index (χ1v) is 10.1. The highest BCUT2D eigenvalue weighted by molar-refractivity contribution is 5.95. The molecule has 1 aromatic heterocycles. The number of para-hydroxylation sites is 1. The summed E-state index contributed by atoms with van der Waals surface area (Å²) in [7, 11) is 0. The average molecular weight is 411 g/mol. The fraction of sp³-hybridized carbons (Fsp3) is 0.125. The number of carbonyl (C=O) groups excluding carboxylic acids is 1. The van der Waals surface area contributed by atoms with Crippen molar-refractivity contribution in [3.63, 3.8) is 0 Å². The van der Waals surface area contributed by atoms with Gasteiger partial charge in [0.25, 0.3) is 11.5 Å². The lowest BCUT2D eigenvalue weighted by Gasteiger charge is -2.30. The molecule has 0 saturated heterocycles. The fourth-order valence-corrected chi connectivity index (χ4v) is 3.87. The molecule has 5 rings (SSSR count). The normalized spacial score (nSPS) is 13.0. The smallest absolute Gasteiger partial charge is 0.269 e. The molecule has 0 radical (unpaired) electrons. The highest BCUT2D eigenvalue weighted by atomic mass is 16.2. The number of hydrogen-bond acceptors (Lipinski definition) is 5. The van der Waals surface area contributed by atoms with E-state index >= 15 is 0 Å². The molecule has 3 aromatic carbocycles. The zero-order chi connectivity index (χ0) is 21.2. The number of anilines is 2. The van der Waals surface area contributed by atoms with Crippen LogP contribution in [-0.2, 0) is 13.0 Å². The Balaban J connectivity index is 1.25. The summed E-state index contributed by atoms with van der Waals surface area (Å²) in [5.41, 5.74) is 9.90. The van der Waals surface area contributed by atoms with Gasteiger partial charge in [0.2, 0.25) is 5.95 Å². The van der Waals surface area contributed by atoms with Crippen LogP contribution in [0.4, 0.5) is 11.6 Å². The number of aromatic amines is 1. The molecule has 0 fully saturated rings. The van der Waals surface area contributed by atoms with Gasteiger partial charge in [0, 0.05) is 24.3 Å². The molecule has 0 atom stereocenters. The quantitative estimate of drug-likeness (QED) is 0.449. The second kappa shape index (κ2) is 7.95. The number of nitrogens with one attached hydrogen (secondary N) is 3. The van der Waals surface area contributed by atoms with Crippen LogP contribution in [-0.4, -0.2) is 22.4 Å². The van der Waals surface area contributed by atoms with Gasteiger partial charge < -0.3 is 4.90 Å². The minimum atomic E-state index is -0.314. The molecule has 2 heterocycles. The van der Waals surface area contributed by atoms with Crippen LogP contribution < -0.4 is 21.3 Å². The van der Waals surface area contributed by atoms with E-state index in [0.29, 0.717) is 16.5 Å². The third kappa shape index (κ3) is 3.85. The van der Waals surface area contributed by atoms with Gasteiger partial charge in [0.1, 0.15) is 0 Å². The van der Waals surface area contributed by atoms with E-state index in [1.54, 1.807) is 36.4 Å². The Bertz CT molecular complexity index is 1310. The van der Waals surface area contributed by atoms with Crippen molar-refractivity contribution < 1.29 is 4.79 Å². The Kier molecular flexibility index (Phi) is 4.84. The SMILES string of the molecule is O=C(NNc1nc2ccccc2c(=O)[nH]1)c1ccc(N2CCc3ccccc3C2)cc1. The van der Waals surface area contributed by atoms with Gasteiger partial charge in [-0.2, -0.15) is 0 Å². The summed E-state index contributed by atoms with van der Waals surface area (Å²) in [6.45, 7) is 1.81. The number of fused-ring (bicyclic) bond motifs is 2. The minimum absolute atomic E-state index is 0.181. The molecule has 1 aliphatic heterocycles. The predicted octanol–water partition coefficient (Wildman–Crippen LogP) is 3.24. The molecule has 0 bridgehead atoms. The number of hydrogen-bond donors (Lipinski definition) is 3. The summed E-state index contributed by atoms with van der Waals surface area (Å²) in [5.74, 6) is -0.132. The third-order valence-corrected chi connectivity index (χ3v) is 5.53. The molecule has 7 heteroatoms. The van der Waals surface area contributed by atoms with Crippen LogP contribution in [0.3, 0.4) is 0 Å². The number of hydrazine groups is 1. The summed E-state index contributed by atoms with van der Waals surface area (Å²) in [4.78, 5) is 33.9. The predicted molar refractivity (Wildman–Crippen MR) is 121 cm³/mol. The lowest BCUT2D eigenvalue weighted by atomic mass is 9.99. The highest BCUT2D eigenvalue weighted by Crippen LogP contribution is 2.24. The molecular weight excluding hydrogens is 390 g/mol. The Hall–Kier alpha value is -4.13. The first-order valence-electron chi connectivity index (χ1n) is 10.1. The number of H-pyrrole nitrogens is 1. The van der Waals surface area contributed by atoms with Crippen molar-refractivity contribution in [2.75, 3.05) is 16.9 Å². The van der Waals surface area contributed by atoms with Gasteiger partial charge in [-0.3, -0.25) is 25.4 Å². The van der Waals surface area contributed by atoms with Gasteiger partial charge in [-0.15, -0.1) is 0 Å². The maximum absolute atomic E-state index is 12.5. The second-order valence-electron chi connectivity index (χ2n) is 7.50. The molecular formula is C24H21N5O2. The fourth-order valence-electron chi connectivity index (χ4n) is 3.87. The van der Waals surface area contributed by atoms with Gasteiger partial charge in [0.05, 0.1) is 10.9 Å². The highest BCUT2D eigenvalue weighted by Gasteiger charge is 2.16. The van der Waals surface area contributed by atoms with E-state index in [-0.39, 0.29) is 17.4 Å². The van der Waals surface area contributed by atoms with Crippen molar-refractivity contribution in [2.24, 2.45) is 0 Å². The maximum atomic E-state index is 12.5. The van der Waals surface area contributed by atoms with Crippen LogP contribution in [0.25, 0.3) is 10.9 Å². The van der Waals surface area contributed by atoms with Crippen molar-refractivity contribution in [3.05, 3.63) is 99.8 Å². The summed E-state index contributed by atoms with van der Waals surface area (Å²) in [6.07, 6.45) is 1.01. The van der Waals surface area contributed by atoms with Gasteiger partial charge in [-0.1, -0.05) is 36.4 Å². The Labute approximate surface area is 178 Å². The van der Waals surface area contributed by atoms with E-state index in [1.165, 1.54) is 11.1 Å². The maximum Gasteiger partial charge on any atom is 0.269 e. The molecule has 1 amide bonds. The van der Waals surface area contributed by atoms with Crippen molar-refractivity contribution in [1.29, 1.82) is 0 Å². The number of aromatic nitrogens is 2. The van der Waals surface area contributed by atoms with Crippen molar-refractivity contribution in [2.45, 2.75) is 13.0 Å². The zero-order valence-corrected chi connectivity index (χ0v) is 16.8. The van der Waals surface area contributed by atoms with Crippen LogP contribution in [0.15, 0.2) is 77.6 Å². The molecule has 4 aromatic rings. The standard InChI is InChI=1S/C24H21N5O2/c30-22(27-28-24-25-21-8-4-3-7-20(21)23(31)26-24)17-9-11-19(12-10-17)29-14-13-16-5-1-2-6-18(16)15-29/h1-12H,13-15H2,(H,27,30)(H2,25,26,28,31). The Morgan fingerprint density at radius 3 is 2.52 bits per heavy atom.